The van der Waals surface area contributed by atoms with Gasteiger partial charge in [-0.2, -0.15) is 0 Å². The predicted octanol–water partition coefficient (Wildman–Crippen LogP) is 0.698. The zero-order valence-corrected chi connectivity index (χ0v) is 8.57. The summed E-state index contributed by atoms with van der Waals surface area (Å²) in [6.07, 6.45) is 5.11. The van der Waals surface area contributed by atoms with E-state index in [1.165, 1.54) is 17.6 Å². The summed E-state index contributed by atoms with van der Waals surface area (Å²) in [7, 11) is 0. The molecule has 0 atom stereocenters. The molecule has 0 aliphatic carbocycles. The van der Waals surface area contributed by atoms with Crippen LogP contribution in [0.1, 0.15) is 23.0 Å². The van der Waals surface area contributed by atoms with Gasteiger partial charge in [0.15, 0.2) is 5.78 Å². The van der Waals surface area contributed by atoms with Crippen LogP contribution in [0.25, 0.3) is 0 Å². The molecule has 0 aliphatic rings. The van der Waals surface area contributed by atoms with Gasteiger partial charge in [-0.3, -0.25) is 9.59 Å². The molecule has 4 nitrogen and oxygen atoms in total. The van der Waals surface area contributed by atoms with Crippen LogP contribution in [0.5, 0.6) is 5.75 Å². The molecule has 0 fully saturated rings. The first-order valence-corrected chi connectivity index (χ1v) is 4.36. The van der Waals surface area contributed by atoms with E-state index < -0.39 is 11.3 Å². The number of Topliss-reactive ketones (excluding diaryl/α,β-unsaturated/α-hetero) is 1. The molecule has 1 heterocycles. The molecule has 0 saturated carbocycles. The lowest BCUT2D eigenvalue weighted by Crippen LogP contribution is -2.27. The van der Waals surface area contributed by atoms with Crippen LogP contribution in [0, 0.1) is 19.3 Å². The van der Waals surface area contributed by atoms with Crippen molar-refractivity contribution in [3.63, 3.8) is 0 Å². The Morgan fingerprint density at radius 1 is 1.67 bits per heavy atom. The van der Waals surface area contributed by atoms with E-state index in [9.17, 15) is 14.7 Å². The highest BCUT2D eigenvalue weighted by atomic mass is 16.3. The number of aromatic nitrogens is 1. The molecule has 1 rings (SSSR count). The minimum atomic E-state index is -0.544. The Morgan fingerprint density at radius 2 is 2.27 bits per heavy atom. The van der Waals surface area contributed by atoms with Crippen molar-refractivity contribution in [3.05, 3.63) is 27.7 Å². The van der Waals surface area contributed by atoms with Gasteiger partial charge in [0.1, 0.15) is 11.3 Å². The van der Waals surface area contributed by atoms with Crippen molar-refractivity contribution in [2.75, 3.05) is 0 Å². The van der Waals surface area contributed by atoms with E-state index >= 15 is 0 Å². The summed E-state index contributed by atoms with van der Waals surface area (Å²) < 4.78 is 1.27. The third-order valence-electron chi connectivity index (χ3n) is 2.09. The van der Waals surface area contributed by atoms with Crippen molar-refractivity contribution in [2.45, 2.75) is 20.4 Å². The van der Waals surface area contributed by atoms with Gasteiger partial charge >= 0.3 is 0 Å². The second-order valence-electron chi connectivity index (χ2n) is 3.20. The number of carbonyl (C=O) groups is 1. The van der Waals surface area contributed by atoms with Gasteiger partial charge in [-0.1, -0.05) is 5.92 Å². The number of pyridine rings is 1. The summed E-state index contributed by atoms with van der Waals surface area (Å²) in [5, 5.41) is 9.45. The molecular formula is C11H11NO3. The Balaban J connectivity index is 3.58. The maximum Gasteiger partial charge on any atom is 0.266 e. The van der Waals surface area contributed by atoms with Gasteiger partial charge in [-0.05, 0) is 13.8 Å². The maximum atomic E-state index is 11.7. The summed E-state index contributed by atoms with van der Waals surface area (Å²) in [5.41, 5.74) is -0.228. The zero-order chi connectivity index (χ0) is 11.6. The SMILES string of the molecule is C#CCn1c(C)cc(O)c(C(C)=O)c1=O. The fourth-order valence-electron chi connectivity index (χ4n) is 1.37. The van der Waals surface area contributed by atoms with E-state index in [4.69, 9.17) is 6.42 Å². The molecule has 0 aliphatic heterocycles. The lowest BCUT2D eigenvalue weighted by molar-refractivity contribution is 0.101. The molecule has 0 radical (unpaired) electrons. The van der Waals surface area contributed by atoms with Crippen LogP contribution in [0.3, 0.4) is 0 Å². The highest BCUT2D eigenvalue weighted by Crippen LogP contribution is 2.14. The van der Waals surface area contributed by atoms with Gasteiger partial charge in [-0.15, -0.1) is 6.42 Å². The van der Waals surface area contributed by atoms with E-state index in [-0.39, 0.29) is 17.9 Å². The molecular weight excluding hydrogens is 194 g/mol. The number of hydrogen-bond acceptors (Lipinski definition) is 3. The molecule has 0 spiro atoms. The minimum Gasteiger partial charge on any atom is -0.507 e. The zero-order valence-electron chi connectivity index (χ0n) is 8.57. The summed E-state index contributed by atoms with van der Waals surface area (Å²) in [6, 6.07) is 1.36. The number of carbonyl (C=O) groups excluding carboxylic acids is 1. The van der Waals surface area contributed by atoms with Gasteiger partial charge in [-0.25, -0.2) is 0 Å². The highest BCUT2D eigenvalue weighted by Gasteiger charge is 2.15. The van der Waals surface area contributed by atoms with Crippen molar-refractivity contribution in [2.24, 2.45) is 0 Å². The fourth-order valence-corrected chi connectivity index (χ4v) is 1.37. The Kier molecular flexibility index (Phi) is 2.96. The van der Waals surface area contributed by atoms with Gasteiger partial charge in [0, 0.05) is 11.8 Å². The molecule has 1 N–H and O–H groups in total. The predicted molar refractivity (Wildman–Crippen MR) is 55.9 cm³/mol. The number of hydrogen-bond donors (Lipinski definition) is 1. The van der Waals surface area contributed by atoms with Gasteiger partial charge in [0.25, 0.3) is 5.56 Å². The molecule has 0 bridgehead atoms. The highest BCUT2D eigenvalue weighted by molar-refractivity contribution is 5.96. The second kappa shape index (κ2) is 4.01. The number of aryl methyl sites for hydroxylation is 1. The van der Waals surface area contributed by atoms with Crippen molar-refractivity contribution < 1.29 is 9.90 Å². The van der Waals surface area contributed by atoms with Crippen LogP contribution >= 0.6 is 0 Å². The van der Waals surface area contributed by atoms with Crippen LogP contribution in [0.4, 0.5) is 0 Å². The summed E-state index contributed by atoms with van der Waals surface area (Å²) in [6.45, 7) is 2.96. The third kappa shape index (κ3) is 1.91. The van der Waals surface area contributed by atoms with E-state index in [1.807, 2.05) is 0 Å². The number of nitrogens with zero attached hydrogens (tertiary/aromatic N) is 1. The minimum absolute atomic E-state index is 0.0885. The second-order valence-corrected chi connectivity index (χ2v) is 3.20. The molecule has 1 aromatic rings. The van der Waals surface area contributed by atoms with Crippen molar-refractivity contribution >= 4 is 5.78 Å². The van der Waals surface area contributed by atoms with Gasteiger partial charge in [0.05, 0.1) is 6.54 Å². The first kappa shape index (κ1) is 11.1. The average molecular weight is 205 g/mol. The Morgan fingerprint density at radius 3 is 2.73 bits per heavy atom. The molecule has 0 saturated heterocycles. The standard InChI is InChI=1S/C11H11NO3/c1-4-5-12-7(2)6-9(14)10(8(3)13)11(12)15/h1,6,14H,5H2,2-3H3. The lowest BCUT2D eigenvalue weighted by atomic mass is 10.1. The molecule has 78 valence electrons. The topological polar surface area (TPSA) is 59.3 Å². The summed E-state index contributed by atoms with van der Waals surface area (Å²) in [4.78, 5) is 22.9. The summed E-state index contributed by atoms with van der Waals surface area (Å²) >= 11 is 0. The van der Waals surface area contributed by atoms with Crippen LogP contribution in [0.2, 0.25) is 0 Å². The smallest absolute Gasteiger partial charge is 0.266 e. The summed E-state index contributed by atoms with van der Waals surface area (Å²) in [5.74, 6) is 1.56. The molecule has 15 heavy (non-hydrogen) atoms. The van der Waals surface area contributed by atoms with E-state index in [1.54, 1.807) is 6.92 Å². The molecule has 0 amide bonds. The van der Waals surface area contributed by atoms with Crippen LogP contribution < -0.4 is 5.56 Å². The number of terminal acetylenes is 1. The van der Waals surface area contributed by atoms with E-state index in [2.05, 4.69) is 5.92 Å². The third-order valence-corrected chi connectivity index (χ3v) is 2.09. The Labute approximate surface area is 87.2 Å². The maximum absolute atomic E-state index is 11.7. The molecule has 0 aromatic carbocycles. The van der Waals surface area contributed by atoms with E-state index in [0.717, 1.165) is 0 Å². The normalized spacial score (nSPS) is 9.67. The largest absolute Gasteiger partial charge is 0.507 e. The first-order chi connectivity index (χ1) is 6.99. The van der Waals surface area contributed by atoms with Gasteiger partial charge < -0.3 is 9.67 Å². The lowest BCUT2D eigenvalue weighted by Gasteiger charge is -2.09. The number of rotatable bonds is 2. The Bertz CT molecular complexity index is 506. The molecule has 4 heteroatoms. The van der Waals surface area contributed by atoms with Crippen molar-refractivity contribution in [3.8, 4) is 18.1 Å². The van der Waals surface area contributed by atoms with Crippen LogP contribution in [0.15, 0.2) is 10.9 Å². The number of ketones is 1. The van der Waals surface area contributed by atoms with Crippen LogP contribution in [-0.2, 0) is 6.54 Å². The Hall–Kier alpha value is -2.02. The number of aromatic hydroxyl groups is 1. The first-order valence-electron chi connectivity index (χ1n) is 4.36. The van der Waals surface area contributed by atoms with Crippen molar-refractivity contribution in [1.82, 2.24) is 4.57 Å². The molecule has 1 aromatic heterocycles. The monoisotopic (exact) mass is 205 g/mol. The van der Waals surface area contributed by atoms with E-state index in [0.29, 0.717) is 5.69 Å². The molecule has 0 unspecified atom stereocenters. The fraction of sp³-hybridized carbons (Fsp3) is 0.273. The van der Waals surface area contributed by atoms with Gasteiger partial charge in [0.2, 0.25) is 0 Å². The van der Waals surface area contributed by atoms with Crippen LogP contribution in [-0.4, -0.2) is 15.5 Å². The average Bonchev–Trinajstić information content (AvgIpc) is 2.11. The quantitative estimate of drug-likeness (QED) is 0.571. The van der Waals surface area contributed by atoms with Crippen molar-refractivity contribution in [1.29, 1.82) is 0 Å².